The van der Waals surface area contributed by atoms with Gasteiger partial charge in [-0.2, -0.15) is 13.2 Å². The van der Waals surface area contributed by atoms with Gasteiger partial charge in [0.05, 0.1) is 17.9 Å². The van der Waals surface area contributed by atoms with Gasteiger partial charge >= 0.3 is 6.18 Å². The van der Waals surface area contributed by atoms with Crippen LogP contribution in [0.2, 0.25) is 0 Å². The molecule has 1 aromatic heterocycles. The molecule has 0 saturated carbocycles. The summed E-state index contributed by atoms with van der Waals surface area (Å²) in [6, 6.07) is 4.14. The fourth-order valence-electron chi connectivity index (χ4n) is 4.26. The number of anilines is 1. The maximum Gasteiger partial charge on any atom is 0.416 e. The van der Waals surface area contributed by atoms with Crippen molar-refractivity contribution in [3.05, 3.63) is 40.5 Å². The molecule has 0 radical (unpaired) electrons. The molecule has 0 aliphatic carbocycles. The lowest BCUT2D eigenvalue weighted by Gasteiger charge is -2.21. The zero-order valence-electron chi connectivity index (χ0n) is 19.3. The zero-order valence-corrected chi connectivity index (χ0v) is 19.3. The lowest BCUT2D eigenvalue weighted by molar-refractivity contribution is -0.137. The van der Waals surface area contributed by atoms with Crippen LogP contribution < -0.4 is 5.32 Å². The van der Waals surface area contributed by atoms with Crippen molar-refractivity contribution < 1.29 is 17.9 Å². The molecular weight excluding hydrogens is 415 g/mol. The average Bonchev–Trinajstić information content (AvgIpc) is 2.85. The van der Waals surface area contributed by atoms with E-state index in [0.717, 1.165) is 48.7 Å². The number of alkyl halides is 3. The van der Waals surface area contributed by atoms with Gasteiger partial charge in [-0.1, -0.05) is 45.6 Å². The second-order valence-corrected chi connectivity index (χ2v) is 8.63. The Kier molecular flexibility index (Phi) is 8.51. The summed E-state index contributed by atoms with van der Waals surface area (Å²) >= 11 is 0. The van der Waals surface area contributed by atoms with E-state index in [-0.39, 0.29) is 6.61 Å². The zero-order chi connectivity index (χ0) is 23.1. The normalized spacial score (nSPS) is 15.2. The number of nitrogens with zero attached hydrogens (tertiary/aromatic N) is 2. The molecule has 1 aromatic carbocycles. The lowest BCUT2D eigenvalue weighted by Crippen LogP contribution is -2.21. The Bertz CT molecular complexity index is 899. The minimum Gasteiger partial charge on any atom is -0.377 e. The minimum absolute atomic E-state index is 0.134. The van der Waals surface area contributed by atoms with Crippen LogP contribution in [-0.2, 0) is 23.9 Å². The van der Waals surface area contributed by atoms with Crippen LogP contribution in [0.4, 0.5) is 19.0 Å². The highest BCUT2D eigenvalue weighted by Crippen LogP contribution is 2.36. The van der Waals surface area contributed by atoms with Crippen molar-refractivity contribution in [2.24, 2.45) is 0 Å². The fourth-order valence-corrected chi connectivity index (χ4v) is 4.26. The molecule has 1 aliphatic heterocycles. The van der Waals surface area contributed by atoms with Crippen LogP contribution in [0.5, 0.6) is 0 Å². The number of aromatic nitrogens is 2. The van der Waals surface area contributed by atoms with Crippen LogP contribution >= 0.6 is 0 Å². The SMILES string of the molecule is CCCCCCC(CC)Nc1nnc2c(c1C)CCCOCc1cc(C(F)(F)F)ccc1-2. The maximum atomic E-state index is 13.2. The van der Waals surface area contributed by atoms with E-state index in [1.807, 2.05) is 6.92 Å². The number of ether oxygens (including phenoxy) is 1. The summed E-state index contributed by atoms with van der Waals surface area (Å²) in [6.07, 6.45) is 4.13. The van der Waals surface area contributed by atoms with E-state index < -0.39 is 11.7 Å². The van der Waals surface area contributed by atoms with Gasteiger partial charge in [-0.15, -0.1) is 10.2 Å². The first kappa shape index (κ1) is 24.5. The van der Waals surface area contributed by atoms with Gasteiger partial charge in [0.15, 0.2) is 5.82 Å². The van der Waals surface area contributed by atoms with Crippen LogP contribution in [0, 0.1) is 6.92 Å². The van der Waals surface area contributed by atoms with Gasteiger partial charge in [0.2, 0.25) is 0 Å². The van der Waals surface area contributed by atoms with Crippen LogP contribution in [0.15, 0.2) is 18.2 Å². The third-order valence-corrected chi connectivity index (χ3v) is 6.24. The van der Waals surface area contributed by atoms with Crippen molar-refractivity contribution in [2.75, 3.05) is 11.9 Å². The Morgan fingerprint density at radius 2 is 1.94 bits per heavy atom. The molecule has 2 heterocycles. The van der Waals surface area contributed by atoms with Crippen molar-refractivity contribution in [3.63, 3.8) is 0 Å². The van der Waals surface area contributed by atoms with Crippen molar-refractivity contribution in [3.8, 4) is 11.3 Å². The van der Waals surface area contributed by atoms with Crippen LogP contribution in [-0.4, -0.2) is 22.8 Å². The van der Waals surface area contributed by atoms with Gasteiger partial charge in [-0.25, -0.2) is 0 Å². The number of hydrogen-bond donors (Lipinski definition) is 1. The molecule has 176 valence electrons. The van der Waals surface area contributed by atoms with Crippen molar-refractivity contribution in [2.45, 2.75) is 91.0 Å². The summed E-state index contributed by atoms with van der Waals surface area (Å²) in [6.45, 7) is 7.04. The Morgan fingerprint density at radius 3 is 2.66 bits per heavy atom. The predicted molar refractivity (Wildman–Crippen MR) is 122 cm³/mol. The first-order chi connectivity index (χ1) is 15.3. The average molecular weight is 450 g/mol. The summed E-state index contributed by atoms with van der Waals surface area (Å²) in [7, 11) is 0. The molecule has 0 amide bonds. The van der Waals surface area contributed by atoms with E-state index in [2.05, 4.69) is 29.4 Å². The van der Waals surface area contributed by atoms with Crippen molar-refractivity contribution in [1.82, 2.24) is 10.2 Å². The molecule has 0 fully saturated rings. The molecule has 1 atom stereocenters. The molecule has 1 unspecified atom stereocenters. The van der Waals surface area contributed by atoms with Gasteiger partial charge in [-0.3, -0.25) is 0 Å². The molecule has 32 heavy (non-hydrogen) atoms. The number of hydrogen-bond acceptors (Lipinski definition) is 4. The van der Waals surface area contributed by atoms with Gasteiger partial charge in [0, 0.05) is 18.2 Å². The highest BCUT2D eigenvalue weighted by atomic mass is 19.4. The number of nitrogens with one attached hydrogen (secondary N) is 1. The van der Waals surface area contributed by atoms with Gasteiger partial charge < -0.3 is 10.1 Å². The third kappa shape index (κ3) is 6.00. The van der Waals surface area contributed by atoms with Crippen LogP contribution in [0.3, 0.4) is 0 Å². The van der Waals surface area contributed by atoms with E-state index in [1.165, 1.54) is 37.8 Å². The van der Waals surface area contributed by atoms with E-state index >= 15 is 0 Å². The second-order valence-electron chi connectivity index (χ2n) is 8.63. The van der Waals surface area contributed by atoms with Gasteiger partial charge in [0.25, 0.3) is 0 Å². The first-order valence-corrected chi connectivity index (χ1v) is 11.8. The molecular formula is C25H34F3N3O. The van der Waals surface area contributed by atoms with E-state index in [1.54, 1.807) is 0 Å². The summed E-state index contributed by atoms with van der Waals surface area (Å²) in [5.41, 5.74) is 3.23. The monoisotopic (exact) mass is 449 g/mol. The third-order valence-electron chi connectivity index (χ3n) is 6.24. The Labute approximate surface area is 189 Å². The topological polar surface area (TPSA) is 47.0 Å². The molecule has 3 rings (SSSR count). The molecule has 1 aliphatic rings. The van der Waals surface area contributed by atoms with Crippen molar-refractivity contribution in [1.29, 1.82) is 0 Å². The highest BCUT2D eigenvalue weighted by molar-refractivity contribution is 5.70. The molecule has 2 aromatic rings. The van der Waals surface area contributed by atoms with Gasteiger partial charge in [-0.05, 0) is 61.4 Å². The van der Waals surface area contributed by atoms with Crippen LogP contribution in [0.1, 0.15) is 81.0 Å². The first-order valence-electron chi connectivity index (χ1n) is 11.8. The summed E-state index contributed by atoms with van der Waals surface area (Å²) in [5, 5.41) is 12.6. The van der Waals surface area contributed by atoms with Crippen molar-refractivity contribution >= 4 is 5.82 Å². The number of benzene rings is 1. The molecule has 0 bridgehead atoms. The Hall–Kier alpha value is -2.15. The molecule has 1 N–H and O–H groups in total. The molecule has 0 saturated heterocycles. The molecule has 0 spiro atoms. The standard InChI is InChI=1S/C25H34F3N3O/c1-4-6-7-8-10-20(5-2)29-24-17(3)21-11-9-14-32-16-18-15-19(25(26,27)28)12-13-22(18)23(21)30-31-24/h12-13,15,20H,4-11,14,16H2,1-3H3,(H,29,31). The summed E-state index contributed by atoms with van der Waals surface area (Å²) < 4.78 is 45.4. The largest absolute Gasteiger partial charge is 0.416 e. The van der Waals surface area contributed by atoms with Crippen LogP contribution in [0.25, 0.3) is 11.3 Å². The van der Waals surface area contributed by atoms with Gasteiger partial charge in [0.1, 0.15) is 0 Å². The Balaban J connectivity index is 1.92. The predicted octanol–water partition coefficient (Wildman–Crippen LogP) is 7.09. The molecule has 7 heteroatoms. The van der Waals surface area contributed by atoms with E-state index in [0.29, 0.717) is 29.5 Å². The van der Waals surface area contributed by atoms with E-state index in [4.69, 9.17) is 4.74 Å². The fraction of sp³-hybridized carbons (Fsp3) is 0.600. The summed E-state index contributed by atoms with van der Waals surface area (Å²) in [4.78, 5) is 0. The minimum atomic E-state index is -4.39. The highest BCUT2D eigenvalue weighted by Gasteiger charge is 2.31. The molecule has 4 nitrogen and oxygen atoms in total. The number of unbranched alkanes of at least 4 members (excludes halogenated alkanes) is 3. The quantitative estimate of drug-likeness (QED) is 0.437. The van der Waals surface area contributed by atoms with E-state index in [9.17, 15) is 13.2 Å². The Morgan fingerprint density at radius 1 is 1.12 bits per heavy atom. The smallest absolute Gasteiger partial charge is 0.377 e. The maximum absolute atomic E-state index is 13.2. The second kappa shape index (κ2) is 11.1. The number of halogens is 3. The summed E-state index contributed by atoms with van der Waals surface area (Å²) in [5.74, 6) is 0.778. The number of rotatable bonds is 8. The number of fused-ring (bicyclic) bond motifs is 3. The lowest BCUT2D eigenvalue weighted by atomic mass is 9.94.